The molecule has 7 nitrogen and oxygen atoms in total. The highest BCUT2D eigenvalue weighted by molar-refractivity contribution is 5.88. The molecule has 3 heterocycles. The van der Waals surface area contributed by atoms with Crippen molar-refractivity contribution in [2.45, 2.75) is 31.4 Å². The zero-order valence-corrected chi connectivity index (χ0v) is 17.8. The summed E-state index contributed by atoms with van der Waals surface area (Å²) in [5, 5.41) is 17.1. The molecule has 3 aromatic heterocycles. The molecule has 0 unspecified atom stereocenters. The van der Waals surface area contributed by atoms with Gasteiger partial charge in [0.05, 0.1) is 16.5 Å². The Bertz CT molecular complexity index is 1480. The van der Waals surface area contributed by atoms with Crippen LogP contribution in [0.3, 0.4) is 0 Å². The maximum atomic E-state index is 13.9. The van der Waals surface area contributed by atoms with Gasteiger partial charge in [0.1, 0.15) is 23.7 Å². The number of nitrogens with one attached hydrogen (secondary N) is 1. The van der Waals surface area contributed by atoms with E-state index >= 15 is 0 Å². The van der Waals surface area contributed by atoms with Crippen LogP contribution in [0.2, 0.25) is 0 Å². The van der Waals surface area contributed by atoms with E-state index in [0.29, 0.717) is 11.6 Å². The second-order valence-corrected chi connectivity index (χ2v) is 8.69. The van der Waals surface area contributed by atoms with Crippen LogP contribution in [0.25, 0.3) is 16.6 Å². The molecule has 1 saturated carbocycles. The van der Waals surface area contributed by atoms with Gasteiger partial charge < -0.3 is 9.55 Å². The molecule has 0 amide bonds. The number of halogens is 3. The minimum absolute atomic E-state index is 0.222. The molecule has 4 aromatic rings. The number of hydrogen-bond acceptors (Lipinski definition) is 4. The first kappa shape index (κ1) is 21.0. The zero-order valence-electron chi connectivity index (χ0n) is 17.8. The van der Waals surface area contributed by atoms with Crippen LogP contribution in [0, 0.1) is 17.2 Å². The molecule has 1 aliphatic rings. The fourth-order valence-electron chi connectivity index (χ4n) is 5.09. The molecule has 10 heteroatoms. The average molecular weight is 452 g/mol. The number of hydrogen-bond donors (Lipinski definition) is 1. The van der Waals surface area contributed by atoms with Gasteiger partial charge in [0.25, 0.3) is 5.56 Å². The molecule has 0 saturated heterocycles. The molecule has 1 aromatic carbocycles. The second kappa shape index (κ2) is 7.07. The van der Waals surface area contributed by atoms with E-state index in [1.807, 2.05) is 17.7 Å². The molecule has 1 N–H and O–H groups in total. The molecule has 1 fully saturated rings. The van der Waals surface area contributed by atoms with Crippen LogP contribution in [-0.4, -0.2) is 24.3 Å². The minimum Gasteiger partial charge on any atom is -0.355 e. The number of aromatic amines is 1. The van der Waals surface area contributed by atoms with Crippen molar-refractivity contribution in [1.29, 1.82) is 5.26 Å². The van der Waals surface area contributed by atoms with Crippen LogP contribution < -0.4 is 5.56 Å². The summed E-state index contributed by atoms with van der Waals surface area (Å²) >= 11 is 0. The highest BCUT2D eigenvalue weighted by atomic mass is 19.4. The summed E-state index contributed by atoms with van der Waals surface area (Å²) in [6.45, 7) is 2.13. The Kier molecular flexibility index (Phi) is 4.50. The lowest BCUT2D eigenvalue weighted by molar-refractivity contribution is -0.136. The van der Waals surface area contributed by atoms with E-state index in [-0.39, 0.29) is 11.1 Å². The van der Waals surface area contributed by atoms with Crippen molar-refractivity contribution in [2.75, 3.05) is 0 Å². The van der Waals surface area contributed by atoms with Crippen molar-refractivity contribution in [3.63, 3.8) is 0 Å². The first-order valence-corrected chi connectivity index (χ1v) is 10.3. The number of pyridine rings is 1. The number of aromatic nitrogens is 5. The van der Waals surface area contributed by atoms with Crippen molar-refractivity contribution >= 4 is 10.9 Å². The van der Waals surface area contributed by atoms with Gasteiger partial charge in [0.2, 0.25) is 0 Å². The van der Waals surface area contributed by atoms with Crippen molar-refractivity contribution in [1.82, 2.24) is 24.3 Å². The molecule has 0 spiro atoms. The second-order valence-electron chi connectivity index (χ2n) is 8.69. The van der Waals surface area contributed by atoms with E-state index in [9.17, 15) is 23.2 Å². The molecule has 0 radical (unpaired) electrons. The van der Waals surface area contributed by atoms with E-state index in [4.69, 9.17) is 0 Å². The van der Waals surface area contributed by atoms with Crippen molar-refractivity contribution in [3.05, 3.63) is 75.9 Å². The molecular formula is C23H19F3N6O. The Hall–Kier alpha value is -3.87. The fourth-order valence-corrected chi connectivity index (χ4v) is 5.09. The number of aryl methyl sites for hydroxylation is 1. The van der Waals surface area contributed by atoms with Gasteiger partial charge in [-0.15, -0.1) is 10.2 Å². The van der Waals surface area contributed by atoms with Crippen LogP contribution in [0.4, 0.5) is 13.2 Å². The monoisotopic (exact) mass is 452 g/mol. The summed E-state index contributed by atoms with van der Waals surface area (Å²) in [6.07, 6.45) is 0.399. The van der Waals surface area contributed by atoms with Gasteiger partial charge in [0, 0.05) is 30.5 Å². The molecule has 0 bridgehead atoms. The minimum atomic E-state index is -4.75. The third-order valence-corrected chi connectivity index (χ3v) is 6.48. The maximum Gasteiger partial charge on any atom is 0.418 e. The predicted octanol–water partition coefficient (Wildman–Crippen LogP) is 4.05. The Balaban J connectivity index is 1.73. The number of nitriles is 1. The van der Waals surface area contributed by atoms with E-state index in [2.05, 4.69) is 22.1 Å². The van der Waals surface area contributed by atoms with Gasteiger partial charge in [0.15, 0.2) is 0 Å². The quantitative estimate of drug-likeness (QED) is 0.508. The number of benzene rings is 1. The number of rotatable bonds is 3. The van der Waals surface area contributed by atoms with Crippen molar-refractivity contribution in [2.24, 2.45) is 13.0 Å². The largest absolute Gasteiger partial charge is 0.418 e. The van der Waals surface area contributed by atoms with Gasteiger partial charge >= 0.3 is 6.18 Å². The lowest BCUT2D eigenvalue weighted by Crippen LogP contribution is -2.43. The number of nitrogens with zero attached hydrogens (tertiary/aromatic N) is 5. The Morgan fingerprint density at radius 2 is 2.06 bits per heavy atom. The van der Waals surface area contributed by atoms with Crippen LogP contribution >= 0.6 is 0 Å². The number of H-pyrrole nitrogens is 1. The summed E-state index contributed by atoms with van der Waals surface area (Å²) in [5.41, 5.74) is -1.45. The summed E-state index contributed by atoms with van der Waals surface area (Å²) in [7, 11) is 1.86. The molecule has 5 rings (SSSR count). The van der Waals surface area contributed by atoms with E-state index in [1.165, 1.54) is 0 Å². The summed E-state index contributed by atoms with van der Waals surface area (Å²) in [6, 6.07) is 8.69. The van der Waals surface area contributed by atoms with E-state index in [0.717, 1.165) is 41.2 Å². The van der Waals surface area contributed by atoms with Crippen LogP contribution in [0.5, 0.6) is 0 Å². The van der Waals surface area contributed by atoms with E-state index in [1.54, 1.807) is 30.6 Å². The molecule has 0 aliphatic heterocycles. The molecule has 1 aliphatic carbocycles. The predicted molar refractivity (Wildman–Crippen MR) is 114 cm³/mol. The Morgan fingerprint density at radius 3 is 2.67 bits per heavy atom. The smallest absolute Gasteiger partial charge is 0.355 e. The third kappa shape index (κ3) is 3.07. The number of fused-ring (bicyclic) bond motifs is 1. The van der Waals surface area contributed by atoms with Gasteiger partial charge in [-0.25, -0.2) is 0 Å². The maximum absolute atomic E-state index is 13.9. The van der Waals surface area contributed by atoms with Crippen LogP contribution in [0.15, 0.2) is 47.8 Å². The highest BCUT2D eigenvalue weighted by Gasteiger charge is 2.48. The summed E-state index contributed by atoms with van der Waals surface area (Å²) in [4.78, 5) is 15.7. The zero-order chi connectivity index (χ0) is 23.5. The van der Waals surface area contributed by atoms with Gasteiger partial charge in [-0.1, -0.05) is 19.1 Å². The first-order chi connectivity index (χ1) is 15.7. The highest BCUT2D eigenvalue weighted by Crippen LogP contribution is 2.51. The van der Waals surface area contributed by atoms with E-state index < -0.39 is 28.1 Å². The Labute approximate surface area is 186 Å². The van der Waals surface area contributed by atoms with Crippen LogP contribution in [0.1, 0.15) is 42.3 Å². The van der Waals surface area contributed by atoms with Gasteiger partial charge in [-0.3, -0.25) is 9.36 Å². The number of alkyl halides is 3. The fraction of sp³-hybridized carbons (Fsp3) is 0.304. The first-order valence-electron chi connectivity index (χ1n) is 10.3. The summed E-state index contributed by atoms with van der Waals surface area (Å²) < 4.78 is 44.5. The SMILES string of the molecule is CC1CC(c2cccc(-n3cc(C(F)(F)F)c4c(C#N)c[nH]c4c3=O)c2)(c2nncn2C)C1. The molecular weight excluding hydrogens is 433 g/mol. The van der Waals surface area contributed by atoms with Gasteiger partial charge in [-0.2, -0.15) is 18.4 Å². The molecule has 168 valence electrons. The topological polar surface area (TPSA) is 92.3 Å². The lowest BCUT2D eigenvalue weighted by atomic mass is 9.58. The van der Waals surface area contributed by atoms with Crippen molar-refractivity contribution in [3.8, 4) is 11.8 Å². The Morgan fingerprint density at radius 1 is 1.30 bits per heavy atom. The van der Waals surface area contributed by atoms with Crippen molar-refractivity contribution < 1.29 is 13.2 Å². The summed E-state index contributed by atoms with van der Waals surface area (Å²) in [5.74, 6) is 1.23. The molecule has 0 atom stereocenters. The standard InChI is InChI=1S/C23H19F3N6O/c1-13-7-22(8-13,21-30-29-12-31(21)2)15-4-3-5-16(6-15)32-11-17(23(24,25)26)18-14(9-27)10-28-19(18)20(32)33/h3-6,10-13,28H,7-8H2,1-2H3. The third-order valence-electron chi connectivity index (χ3n) is 6.48. The molecule has 33 heavy (non-hydrogen) atoms. The van der Waals surface area contributed by atoms with Gasteiger partial charge in [-0.05, 0) is 36.5 Å². The lowest BCUT2D eigenvalue weighted by Gasteiger charge is -2.46. The average Bonchev–Trinajstić information content (AvgIpc) is 3.37. The normalized spacial score (nSPS) is 20.5. The van der Waals surface area contributed by atoms with Crippen LogP contribution in [-0.2, 0) is 18.6 Å².